The Morgan fingerprint density at radius 3 is 1.90 bits per heavy atom. The average molecular weight is 326 g/mol. The molecule has 0 aromatic heterocycles. The molecule has 0 saturated carbocycles. The smallest absolute Gasteiger partial charge is 0.550 e. The molecule has 0 aromatic carbocycles. The van der Waals surface area contributed by atoms with Crippen LogP contribution in [0.3, 0.4) is 0 Å². The minimum atomic E-state index is -4.22. The molecule has 0 aromatic rings. The molecule has 1 atom stereocenters. The summed E-state index contributed by atoms with van der Waals surface area (Å²) in [6, 6.07) is 0. The van der Waals surface area contributed by atoms with E-state index in [-0.39, 0.29) is 78.4 Å². The largest absolute Gasteiger partial charge is 1.00 e. The van der Waals surface area contributed by atoms with Gasteiger partial charge in [-0.25, -0.2) is 0 Å². The molecule has 1 unspecified atom stereocenters. The zero-order valence-corrected chi connectivity index (χ0v) is 17.0. The molecule has 20 heavy (non-hydrogen) atoms. The Hall–Kier alpha value is 0.850. The molecule has 0 aliphatic heterocycles. The number of carbonyl (C=O) groups is 2. The van der Waals surface area contributed by atoms with Crippen LogP contribution in [0.15, 0.2) is 0 Å². The second kappa shape index (κ2) is 10.6. The molecule has 0 aliphatic rings. The number of hydrogen-bond donors (Lipinski definition) is 1. The van der Waals surface area contributed by atoms with E-state index in [1.54, 1.807) is 0 Å². The van der Waals surface area contributed by atoms with Crippen molar-refractivity contribution in [1.82, 2.24) is 0 Å². The van der Waals surface area contributed by atoms with E-state index in [9.17, 15) is 28.2 Å². The fraction of sp³-hybridized carbons (Fsp3) is 0.800. The van der Waals surface area contributed by atoms with Gasteiger partial charge in [-0.3, -0.25) is 4.55 Å². The summed E-state index contributed by atoms with van der Waals surface area (Å²) in [6.07, 6.45) is -0.598. The van der Waals surface area contributed by atoms with E-state index >= 15 is 0 Å². The summed E-state index contributed by atoms with van der Waals surface area (Å²) in [6.45, 7) is 2.65. The Kier molecular flexibility index (Phi) is 13.6. The Morgan fingerprint density at radius 2 is 1.60 bits per heavy atom. The summed E-state index contributed by atoms with van der Waals surface area (Å²) in [5.74, 6) is -4.12. The predicted octanol–water partition coefficient (Wildman–Crippen LogP) is -7.81. The number of carboxylic acid groups (broad SMARTS) is 2. The summed E-state index contributed by atoms with van der Waals surface area (Å²) < 4.78 is 29.9. The van der Waals surface area contributed by atoms with Crippen LogP contribution in [-0.4, -0.2) is 30.7 Å². The van der Waals surface area contributed by atoms with Crippen LogP contribution in [-0.2, 0) is 19.7 Å². The molecule has 0 fully saturated rings. The van der Waals surface area contributed by atoms with Crippen LogP contribution in [0.4, 0.5) is 0 Å². The van der Waals surface area contributed by atoms with Crippen LogP contribution in [0, 0.1) is 11.3 Å². The molecule has 0 aliphatic carbocycles. The quantitative estimate of drug-likeness (QED) is 0.346. The molecular formula is C10H16Na2O7S. The van der Waals surface area contributed by atoms with Crippen molar-refractivity contribution in [2.45, 2.75) is 33.1 Å². The Morgan fingerprint density at radius 1 is 1.15 bits per heavy atom. The molecule has 0 amide bonds. The van der Waals surface area contributed by atoms with Crippen molar-refractivity contribution in [3.05, 3.63) is 0 Å². The van der Waals surface area contributed by atoms with Gasteiger partial charge in [0.25, 0.3) is 10.1 Å². The van der Waals surface area contributed by atoms with Gasteiger partial charge in [0.1, 0.15) is 0 Å². The van der Waals surface area contributed by atoms with E-state index in [4.69, 9.17) is 4.55 Å². The third kappa shape index (κ3) is 10.6. The van der Waals surface area contributed by atoms with E-state index < -0.39 is 39.1 Å². The SMILES string of the molecule is CC(C)(C(=O)[O-])C(CCC(=O)[O-])CCS(=O)(=O)O.[Na+].[Na+]. The molecule has 0 saturated heterocycles. The number of hydrogen-bond acceptors (Lipinski definition) is 6. The van der Waals surface area contributed by atoms with Gasteiger partial charge in [-0.15, -0.1) is 0 Å². The van der Waals surface area contributed by atoms with Crippen molar-refractivity contribution in [2.24, 2.45) is 11.3 Å². The Balaban J connectivity index is -0.00000144. The second-order valence-corrected chi connectivity index (χ2v) is 6.26. The molecule has 0 bridgehead atoms. The van der Waals surface area contributed by atoms with Gasteiger partial charge >= 0.3 is 59.1 Å². The van der Waals surface area contributed by atoms with Crippen molar-refractivity contribution >= 4 is 22.1 Å². The van der Waals surface area contributed by atoms with Gasteiger partial charge in [0.2, 0.25) is 0 Å². The minimum Gasteiger partial charge on any atom is -0.550 e. The van der Waals surface area contributed by atoms with Crippen LogP contribution in [0.25, 0.3) is 0 Å². The third-order valence-electron chi connectivity index (χ3n) is 2.97. The topological polar surface area (TPSA) is 135 Å². The number of carbonyl (C=O) groups excluding carboxylic acids is 2. The minimum absolute atomic E-state index is 0. The van der Waals surface area contributed by atoms with Gasteiger partial charge in [-0.1, -0.05) is 13.8 Å². The average Bonchev–Trinajstić information content (AvgIpc) is 2.14. The maximum atomic E-state index is 10.9. The molecule has 0 heterocycles. The predicted molar refractivity (Wildman–Crippen MR) is 57.6 cm³/mol. The van der Waals surface area contributed by atoms with Crippen LogP contribution < -0.4 is 69.3 Å². The first-order chi connectivity index (χ1) is 7.97. The van der Waals surface area contributed by atoms with E-state index in [0.717, 1.165) is 0 Å². The molecule has 10 heteroatoms. The fourth-order valence-electron chi connectivity index (χ4n) is 1.62. The first-order valence-corrected chi connectivity index (χ1v) is 6.94. The van der Waals surface area contributed by atoms with Gasteiger partial charge in [0.05, 0.1) is 5.75 Å². The summed E-state index contributed by atoms with van der Waals surface area (Å²) in [7, 11) is -4.22. The van der Waals surface area contributed by atoms with Crippen molar-refractivity contribution < 1.29 is 91.9 Å². The normalized spacial score (nSPS) is 12.8. The van der Waals surface area contributed by atoms with Crippen molar-refractivity contribution in [3.8, 4) is 0 Å². The molecule has 0 spiro atoms. The maximum Gasteiger partial charge on any atom is 1.00 e. The summed E-state index contributed by atoms with van der Waals surface area (Å²) in [5, 5.41) is 21.3. The van der Waals surface area contributed by atoms with E-state index in [2.05, 4.69) is 0 Å². The van der Waals surface area contributed by atoms with Crippen molar-refractivity contribution in [1.29, 1.82) is 0 Å². The summed E-state index contributed by atoms with van der Waals surface area (Å²) in [4.78, 5) is 21.3. The zero-order chi connectivity index (χ0) is 14.6. The van der Waals surface area contributed by atoms with Gasteiger partial charge in [-0.05, 0) is 25.2 Å². The van der Waals surface area contributed by atoms with Crippen molar-refractivity contribution in [2.75, 3.05) is 5.75 Å². The summed E-state index contributed by atoms with van der Waals surface area (Å²) >= 11 is 0. The van der Waals surface area contributed by atoms with Gasteiger partial charge < -0.3 is 19.8 Å². The Bertz CT molecular complexity index is 419. The van der Waals surface area contributed by atoms with Crippen LogP contribution in [0.1, 0.15) is 33.1 Å². The van der Waals surface area contributed by atoms with Gasteiger partial charge in [0, 0.05) is 17.4 Å². The van der Waals surface area contributed by atoms with Crippen LogP contribution in [0.5, 0.6) is 0 Å². The molecular weight excluding hydrogens is 310 g/mol. The first kappa shape index (κ1) is 25.8. The van der Waals surface area contributed by atoms with Crippen molar-refractivity contribution in [3.63, 3.8) is 0 Å². The molecule has 106 valence electrons. The van der Waals surface area contributed by atoms with E-state index in [1.165, 1.54) is 13.8 Å². The Labute approximate surface area is 162 Å². The zero-order valence-electron chi connectivity index (χ0n) is 12.2. The number of rotatable bonds is 8. The molecule has 1 N–H and O–H groups in total. The van der Waals surface area contributed by atoms with Crippen LogP contribution in [0.2, 0.25) is 0 Å². The standard InChI is InChI=1S/C10H18O7S.2Na/c1-10(2,9(13)14)7(3-4-8(11)12)5-6-18(15,16)17;;/h7H,3-6H2,1-2H3,(H,11,12)(H,13,14)(H,15,16,17);;/q;2*+1/p-2. The number of carboxylic acids is 2. The fourth-order valence-corrected chi connectivity index (χ4v) is 2.20. The maximum absolute atomic E-state index is 10.9. The monoisotopic (exact) mass is 326 g/mol. The number of aliphatic carboxylic acids is 2. The van der Waals surface area contributed by atoms with Gasteiger partial charge in [-0.2, -0.15) is 8.42 Å². The second-order valence-electron chi connectivity index (χ2n) is 4.69. The van der Waals surface area contributed by atoms with Crippen LogP contribution >= 0.6 is 0 Å². The summed E-state index contributed by atoms with van der Waals surface area (Å²) in [5.41, 5.74) is -1.39. The van der Waals surface area contributed by atoms with Gasteiger partial charge in [0.15, 0.2) is 0 Å². The molecule has 7 nitrogen and oxygen atoms in total. The molecule has 0 rings (SSSR count). The molecule has 0 radical (unpaired) electrons. The van der Waals surface area contributed by atoms with E-state index in [0.29, 0.717) is 0 Å². The van der Waals surface area contributed by atoms with E-state index in [1.807, 2.05) is 0 Å². The first-order valence-electron chi connectivity index (χ1n) is 5.33. The third-order valence-corrected chi connectivity index (χ3v) is 3.72.